The smallest absolute Gasteiger partial charge is 0.343 e. The van der Waals surface area contributed by atoms with E-state index in [1.54, 1.807) is 24.3 Å². The second-order valence-electron chi connectivity index (χ2n) is 3.23. The summed E-state index contributed by atoms with van der Waals surface area (Å²) >= 11 is 0. The van der Waals surface area contributed by atoms with Crippen molar-refractivity contribution in [2.45, 2.75) is 0 Å². The van der Waals surface area contributed by atoms with E-state index in [4.69, 9.17) is 0 Å². The zero-order chi connectivity index (χ0) is 11.7. The molecule has 0 radical (unpaired) electrons. The van der Waals surface area contributed by atoms with Gasteiger partial charge in [-0.3, -0.25) is 4.79 Å². The number of fused-ring (bicyclic) bond motifs is 1. The molecule has 0 aliphatic carbocycles. The van der Waals surface area contributed by atoms with Crippen LogP contribution in [0.2, 0.25) is 0 Å². The highest BCUT2D eigenvalue weighted by Gasteiger charge is 2.15. The van der Waals surface area contributed by atoms with E-state index in [0.717, 1.165) is 0 Å². The molecule has 0 fully saturated rings. The van der Waals surface area contributed by atoms with Crippen LogP contribution in [0.4, 0.5) is 0 Å². The summed E-state index contributed by atoms with van der Waals surface area (Å²) in [5, 5.41) is 10.2. The molecule has 0 spiro atoms. The van der Waals surface area contributed by atoms with Gasteiger partial charge < -0.3 is 9.94 Å². The number of carbonyl (C=O) groups excluding carboxylic acids is 1. The van der Waals surface area contributed by atoms with Crippen LogP contribution in [0.15, 0.2) is 35.1 Å². The van der Waals surface area contributed by atoms with Gasteiger partial charge in [0.1, 0.15) is 5.56 Å². The summed E-state index contributed by atoms with van der Waals surface area (Å²) in [6.07, 6.45) is 0. The molecule has 1 heterocycles. The van der Waals surface area contributed by atoms with E-state index >= 15 is 0 Å². The number of nitrogens with zero attached hydrogens (tertiary/aromatic N) is 1. The molecule has 1 aromatic heterocycles. The number of rotatable bonds is 1. The lowest BCUT2D eigenvalue weighted by molar-refractivity contribution is 0.0593. The van der Waals surface area contributed by atoms with Crippen LogP contribution in [-0.2, 0) is 4.74 Å². The summed E-state index contributed by atoms with van der Waals surface area (Å²) in [4.78, 5) is 22.9. The van der Waals surface area contributed by atoms with Gasteiger partial charge in [0.05, 0.1) is 12.6 Å². The van der Waals surface area contributed by atoms with Gasteiger partial charge >= 0.3 is 5.97 Å². The molecule has 0 unspecified atom stereocenters. The lowest BCUT2D eigenvalue weighted by atomic mass is 10.1. The third-order valence-electron chi connectivity index (χ3n) is 2.29. The van der Waals surface area contributed by atoms with Crippen molar-refractivity contribution < 1.29 is 14.7 Å². The molecule has 0 aliphatic rings. The summed E-state index contributed by atoms with van der Waals surface area (Å²) in [7, 11) is 1.18. The first-order valence-electron chi connectivity index (χ1n) is 4.57. The van der Waals surface area contributed by atoms with Crippen molar-refractivity contribution >= 4 is 16.9 Å². The fraction of sp³-hybridized carbons (Fsp3) is 0.0909. The van der Waals surface area contributed by atoms with Gasteiger partial charge in [-0.2, -0.15) is 0 Å². The predicted octanol–water partition coefficient (Wildman–Crippen LogP) is 1.03. The SMILES string of the molecule is COC(=O)c1cc2ccccc2n(O)c1=O. The topological polar surface area (TPSA) is 68.5 Å². The Bertz CT molecular complexity index is 615. The van der Waals surface area contributed by atoms with Crippen molar-refractivity contribution in [3.8, 4) is 0 Å². The van der Waals surface area contributed by atoms with Crippen molar-refractivity contribution in [3.63, 3.8) is 0 Å². The average Bonchev–Trinajstić information content (AvgIpc) is 2.33. The first-order valence-corrected chi connectivity index (χ1v) is 4.57. The predicted molar refractivity (Wildman–Crippen MR) is 56.7 cm³/mol. The van der Waals surface area contributed by atoms with Crippen LogP contribution in [0.3, 0.4) is 0 Å². The minimum absolute atomic E-state index is 0.191. The average molecular weight is 219 g/mol. The van der Waals surface area contributed by atoms with Gasteiger partial charge in [-0.1, -0.05) is 18.2 Å². The van der Waals surface area contributed by atoms with Gasteiger partial charge in [-0.15, -0.1) is 4.73 Å². The number of aromatic nitrogens is 1. The zero-order valence-corrected chi connectivity index (χ0v) is 8.51. The Morgan fingerprint density at radius 3 is 2.75 bits per heavy atom. The molecule has 16 heavy (non-hydrogen) atoms. The van der Waals surface area contributed by atoms with Crippen LogP contribution >= 0.6 is 0 Å². The molecule has 5 heteroatoms. The molecule has 5 nitrogen and oxygen atoms in total. The third-order valence-corrected chi connectivity index (χ3v) is 2.29. The number of para-hydroxylation sites is 1. The summed E-state index contributed by atoms with van der Waals surface area (Å²) in [5.74, 6) is -0.765. The van der Waals surface area contributed by atoms with E-state index in [1.165, 1.54) is 13.2 Å². The van der Waals surface area contributed by atoms with E-state index in [-0.39, 0.29) is 5.56 Å². The number of pyridine rings is 1. The normalized spacial score (nSPS) is 10.3. The molecule has 0 saturated heterocycles. The quantitative estimate of drug-likeness (QED) is 0.574. The van der Waals surface area contributed by atoms with E-state index in [1.807, 2.05) is 0 Å². The van der Waals surface area contributed by atoms with E-state index in [0.29, 0.717) is 15.6 Å². The Kier molecular flexibility index (Phi) is 2.36. The summed E-state index contributed by atoms with van der Waals surface area (Å²) in [5.41, 5.74) is -0.630. The van der Waals surface area contributed by atoms with Crippen LogP contribution in [0, 0.1) is 0 Å². The van der Waals surface area contributed by atoms with Gasteiger partial charge in [-0.25, -0.2) is 4.79 Å². The lowest BCUT2D eigenvalue weighted by Gasteiger charge is -2.05. The standard InChI is InChI=1S/C11H9NO4/c1-16-11(14)8-6-7-4-2-3-5-9(7)12(15)10(8)13/h2-6,15H,1H3. The monoisotopic (exact) mass is 219 g/mol. The maximum atomic E-state index is 11.6. The van der Waals surface area contributed by atoms with Crippen LogP contribution < -0.4 is 5.56 Å². The fourth-order valence-corrected chi connectivity index (χ4v) is 1.50. The number of carbonyl (C=O) groups is 1. The van der Waals surface area contributed by atoms with E-state index < -0.39 is 11.5 Å². The number of benzene rings is 1. The Hall–Kier alpha value is -2.30. The molecule has 1 N–H and O–H groups in total. The van der Waals surface area contributed by atoms with Crippen LogP contribution in [0.1, 0.15) is 10.4 Å². The van der Waals surface area contributed by atoms with Gasteiger partial charge in [0.2, 0.25) is 0 Å². The second-order valence-corrected chi connectivity index (χ2v) is 3.23. The Balaban J connectivity index is 2.84. The first kappa shape index (κ1) is 10.2. The highest BCUT2D eigenvalue weighted by atomic mass is 16.5. The van der Waals surface area contributed by atoms with Gasteiger partial charge in [0.15, 0.2) is 0 Å². The minimum atomic E-state index is -0.787. The molecule has 82 valence electrons. The lowest BCUT2D eigenvalue weighted by Crippen LogP contribution is -2.25. The van der Waals surface area contributed by atoms with Crippen molar-refractivity contribution in [2.75, 3.05) is 7.11 Å². The molecule has 0 saturated carbocycles. The third kappa shape index (κ3) is 1.42. The van der Waals surface area contributed by atoms with Gasteiger partial charge in [0.25, 0.3) is 5.56 Å². The number of ether oxygens (including phenoxy) is 1. The molecule has 0 amide bonds. The Morgan fingerprint density at radius 2 is 2.06 bits per heavy atom. The highest BCUT2D eigenvalue weighted by molar-refractivity contribution is 5.93. The largest absolute Gasteiger partial charge is 0.465 e. The zero-order valence-electron chi connectivity index (χ0n) is 8.51. The Labute approximate surface area is 90.5 Å². The number of hydrogen-bond donors (Lipinski definition) is 1. The molecule has 0 atom stereocenters. The van der Waals surface area contributed by atoms with Crippen molar-refractivity contribution in [1.82, 2.24) is 4.73 Å². The number of esters is 1. The fourth-order valence-electron chi connectivity index (χ4n) is 1.50. The number of methoxy groups -OCH3 is 1. The van der Waals surface area contributed by atoms with Gasteiger partial charge in [-0.05, 0) is 12.1 Å². The van der Waals surface area contributed by atoms with Crippen LogP contribution in [0.25, 0.3) is 10.9 Å². The summed E-state index contributed by atoms with van der Waals surface area (Å²) in [6, 6.07) is 8.10. The minimum Gasteiger partial charge on any atom is -0.465 e. The van der Waals surface area contributed by atoms with Crippen molar-refractivity contribution in [1.29, 1.82) is 0 Å². The highest BCUT2D eigenvalue weighted by Crippen LogP contribution is 2.12. The molecular formula is C11H9NO4. The summed E-state index contributed by atoms with van der Waals surface area (Å²) in [6.45, 7) is 0. The van der Waals surface area contributed by atoms with Crippen molar-refractivity contribution in [2.24, 2.45) is 0 Å². The molecule has 2 rings (SSSR count). The van der Waals surface area contributed by atoms with Gasteiger partial charge in [0, 0.05) is 5.39 Å². The number of hydrogen-bond acceptors (Lipinski definition) is 4. The second kappa shape index (κ2) is 3.69. The Morgan fingerprint density at radius 1 is 1.38 bits per heavy atom. The van der Waals surface area contributed by atoms with Crippen molar-refractivity contribution in [3.05, 3.63) is 46.2 Å². The van der Waals surface area contributed by atoms with Crippen LogP contribution in [-0.4, -0.2) is 23.0 Å². The molecular weight excluding hydrogens is 210 g/mol. The first-order chi connectivity index (χ1) is 7.65. The summed E-state index contributed by atoms with van der Waals surface area (Å²) < 4.78 is 4.90. The molecule has 1 aromatic carbocycles. The molecule has 2 aromatic rings. The van der Waals surface area contributed by atoms with Crippen LogP contribution in [0.5, 0.6) is 0 Å². The van der Waals surface area contributed by atoms with E-state index in [9.17, 15) is 14.8 Å². The molecule has 0 aliphatic heterocycles. The maximum absolute atomic E-state index is 11.6. The maximum Gasteiger partial charge on any atom is 0.343 e. The van der Waals surface area contributed by atoms with E-state index in [2.05, 4.69) is 4.74 Å². The molecule has 0 bridgehead atoms.